The van der Waals surface area contributed by atoms with Crippen LogP contribution >= 0.6 is 0 Å². The van der Waals surface area contributed by atoms with Crippen molar-refractivity contribution in [3.05, 3.63) is 66.2 Å². The maximum absolute atomic E-state index is 12.5. The van der Waals surface area contributed by atoms with Crippen LogP contribution in [-0.2, 0) is 14.8 Å². The number of rotatable bonds is 5. The molecule has 0 bridgehead atoms. The van der Waals surface area contributed by atoms with Crippen LogP contribution in [-0.4, -0.2) is 26.5 Å². The van der Waals surface area contributed by atoms with Crippen LogP contribution in [0.1, 0.15) is 5.56 Å². The molecule has 5 nitrogen and oxygen atoms in total. The molecule has 0 fully saturated rings. The van der Waals surface area contributed by atoms with Crippen molar-refractivity contribution in [2.24, 2.45) is 0 Å². The molecule has 0 saturated heterocycles. The van der Waals surface area contributed by atoms with Crippen molar-refractivity contribution in [3.63, 3.8) is 0 Å². The van der Waals surface area contributed by atoms with E-state index >= 15 is 0 Å². The van der Waals surface area contributed by atoms with Gasteiger partial charge in [-0.05, 0) is 35.9 Å². The minimum absolute atomic E-state index is 0.145. The largest absolute Gasteiger partial charge is 0.478 e. The molecular formula is C16H15NO4S. The smallest absolute Gasteiger partial charge is 0.328 e. The second-order valence-corrected chi connectivity index (χ2v) is 6.52. The van der Waals surface area contributed by atoms with E-state index in [1.165, 1.54) is 29.6 Å². The van der Waals surface area contributed by atoms with Crippen molar-refractivity contribution in [1.29, 1.82) is 0 Å². The summed E-state index contributed by atoms with van der Waals surface area (Å²) >= 11 is 0. The molecule has 2 aromatic carbocycles. The highest BCUT2D eigenvalue weighted by Gasteiger charge is 2.20. The van der Waals surface area contributed by atoms with Crippen molar-refractivity contribution in [3.8, 4) is 0 Å². The first-order valence-electron chi connectivity index (χ1n) is 6.46. The highest BCUT2D eigenvalue weighted by molar-refractivity contribution is 7.92. The molecule has 6 heteroatoms. The second-order valence-electron chi connectivity index (χ2n) is 4.55. The first-order valence-corrected chi connectivity index (χ1v) is 7.90. The number of sulfonamides is 1. The average Bonchev–Trinajstić information content (AvgIpc) is 2.53. The van der Waals surface area contributed by atoms with Gasteiger partial charge in [0.1, 0.15) is 0 Å². The molecule has 0 radical (unpaired) electrons. The van der Waals surface area contributed by atoms with E-state index in [4.69, 9.17) is 5.11 Å². The van der Waals surface area contributed by atoms with E-state index in [0.29, 0.717) is 11.3 Å². The molecular weight excluding hydrogens is 302 g/mol. The van der Waals surface area contributed by atoms with Crippen LogP contribution in [0.15, 0.2) is 65.6 Å². The molecule has 1 N–H and O–H groups in total. The third-order valence-electron chi connectivity index (χ3n) is 3.08. The number of carbonyl (C=O) groups is 1. The lowest BCUT2D eigenvalue weighted by Gasteiger charge is -2.19. The van der Waals surface area contributed by atoms with Gasteiger partial charge in [-0.3, -0.25) is 4.31 Å². The summed E-state index contributed by atoms with van der Waals surface area (Å²) in [6, 6.07) is 14.8. The molecule has 0 aliphatic heterocycles. The van der Waals surface area contributed by atoms with Crippen LogP contribution in [0.5, 0.6) is 0 Å². The molecule has 2 aromatic rings. The number of hydrogen-bond donors (Lipinski definition) is 1. The predicted molar refractivity (Wildman–Crippen MR) is 85.1 cm³/mol. The molecule has 0 aromatic heterocycles. The molecule has 114 valence electrons. The topological polar surface area (TPSA) is 74.7 Å². The zero-order valence-corrected chi connectivity index (χ0v) is 12.7. The molecule has 0 saturated carbocycles. The summed E-state index contributed by atoms with van der Waals surface area (Å²) in [6.07, 6.45) is 2.40. The van der Waals surface area contributed by atoms with Gasteiger partial charge in [0.2, 0.25) is 0 Å². The Kier molecular flexibility index (Phi) is 4.62. The number of nitrogens with zero attached hydrogens (tertiary/aromatic N) is 1. The van der Waals surface area contributed by atoms with Gasteiger partial charge in [0.05, 0.1) is 10.6 Å². The molecule has 0 amide bonds. The van der Waals surface area contributed by atoms with E-state index < -0.39 is 16.0 Å². The Bertz CT molecular complexity index is 781. The lowest BCUT2D eigenvalue weighted by Crippen LogP contribution is -2.26. The van der Waals surface area contributed by atoms with Gasteiger partial charge in [0.15, 0.2) is 0 Å². The molecule has 0 aliphatic rings. The Morgan fingerprint density at radius 1 is 1.05 bits per heavy atom. The van der Waals surface area contributed by atoms with Gasteiger partial charge in [0, 0.05) is 13.1 Å². The Balaban J connectivity index is 2.28. The van der Waals surface area contributed by atoms with E-state index in [2.05, 4.69) is 0 Å². The lowest BCUT2D eigenvalue weighted by molar-refractivity contribution is -0.131. The number of para-hydroxylation sites is 1. The van der Waals surface area contributed by atoms with E-state index in [1.807, 2.05) is 6.07 Å². The summed E-state index contributed by atoms with van der Waals surface area (Å²) in [5.41, 5.74) is 1.18. The summed E-state index contributed by atoms with van der Waals surface area (Å²) in [5, 5.41) is 8.57. The highest BCUT2D eigenvalue weighted by Crippen LogP contribution is 2.22. The monoisotopic (exact) mass is 317 g/mol. The maximum Gasteiger partial charge on any atom is 0.328 e. The van der Waals surface area contributed by atoms with Gasteiger partial charge < -0.3 is 5.11 Å². The number of aliphatic carboxylic acids is 1. The molecule has 0 aliphatic carbocycles. The van der Waals surface area contributed by atoms with E-state index in [-0.39, 0.29) is 4.90 Å². The van der Waals surface area contributed by atoms with Crippen LogP contribution in [0.3, 0.4) is 0 Å². The molecule has 0 heterocycles. The maximum atomic E-state index is 12.5. The van der Waals surface area contributed by atoms with Crippen LogP contribution in [0, 0.1) is 0 Å². The fourth-order valence-corrected chi connectivity index (χ4v) is 3.05. The first-order chi connectivity index (χ1) is 10.4. The summed E-state index contributed by atoms with van der Waals surface area (Å²) in [6.45, 7) is 0. The van der Waals surface area contributed by atoms with Gasteiger partial charge in [-0.25, -0.2) is 13.2 Å². The summed E-state index contributed by atoms with van der Waals surface area (Å²) in [7, 11) is -2.16. The Morgan fingerprint density at radius 2 is 1.64 bits per heavy atom. The highest BCUT2D eigenvalue weighted by atomic mass is 32.2. The van der Waals surface area contributed by atoms with Gasteiger partial charge in [-0.2, -0.15) is 0 Å². The number of anilines is 1. The normalized spacial score (nSPS) is 11.5. The standard InChI is InChI=1S/C16H15NO4S/c1-17(14-5-3-2-4-6-14)22(20,21)15-10-7-13(8-11-15)9-12-16(18)19/h2-12H,1H3,(H,18,19)/b12-9+. The van der Waals surface area contributed by atoms with E-state index in [1.54, 1.807) is 36.4 Å². The quantitative estimate of drug-likeness (QED) is 0.860. The van der Waals surface area contributed by atoms with Crippen LogP contribution < -0.4 is 4.31 Å². The van der Waals surface area contributed by atoms with Crippen molar-refractivity contribution in [2.45, 2.75) is 4.90 Å². The van der Waals surface area contributed by atoms with Crippen molar-refractivity contribution < 1.29 is 18.3 Å². The van der Waals surface area contributed by atoms with Gasteiger partial charge in [-0.1, -0.05) is 30.3 Å². The van der Waals surface area contributed by atoms with Gasteiger partial charge in [0.25, 0.3) is 10.0 Å². The van der Waals surface area contributed by atoms with E-state index in [9.17, 15) is 13.2 Å². The zero-order chi connectivity index (χ0) is 16.2. The fourth-order valence-electron chi connectivity index (χ4n) is 1.85. The minimum atomic E-state index is -3.65. The van der Waals surface area contributed by atoms with Gasteiger partial charge >= 0.3 is 5.97 Å². The van der Waals surface area contributed by atoms with Crippen LogP contribution in [0.2, 0.25) is 0 Å². The van der Waals surface area contributed by atoms with Crippen LogP contribution in [0.25, 0.3) is 6.08 Å². The summed E-state index contributed by atoms with van der Waals surface area (Å²) in [5.74, 6) is -1.06. The molecule has 2 rings (SSSR count). The Morgan fingerprint density at radius 3 is 2.18 bits per heavy atom. The third kappa shape index (κ3) is 3.53. The first kappa shape index (κ1) is 15.8. The molecule has 0 atom stereocenters. The van der Waals surface area contributed by atoms with Gasteiger partial charge in [-0.15, -0.1) is 0 Å². The Labute approximate surface area is 129 Å². The third-order valence-corrected chi connectivity index (χ3v) is 4.88. The number of benzene rings is 2. The van der Waals surface area contributed by atoms with E-state index in [0.717, 1.165) is 6.08 Å². The number of hydrogen-bond acceptors (Lipinski definition) is 3. The second kappa shape index (κ2) is 6.44. The Hall–Kier alpha value is -2.60. The predicted octanol–water partition coefficient (Wildman–Crippen LogP) is 2.61. The fraction of sp³-hybridized carbons (Fsp3) is 0.0625. The molecule has 0 unspecified atom stereocenters. The number of carboxylic acids is 1. The van der Waals surface area contributed by atoms with Crippen molar-refractivity contribution in [2.75, 3.05) is 11.4 Å². The number of carboxylic acid groups (broad SMARTS) is 1. The minimum Gasteiger partial charge on any atom is -0.478 e. The molecule has 0 spiro atoms. The zero-order valence-electron chi connectivity index (χ0n) is 11.9. The molecule has 22 heavy (non-hydrogen) atoms. The SMILES string of the molecule is CN(c1ccccc1)S(=O)(=O)c1ccc(/C=C/C(=O)O)cc1. The summed E-state index contributed by atoms with van der Waals surface area (Å²) in [4.78, 5) is 10.6. The average molecular weight is 317 g/mol. The van der Waals surface area contributed by atoms with Crippen molar-refractivity contribution in [1.82, 2.24) is 0 Å². The lowest BCUT2D eigenvalue weighted by atomic mass is 10.2. The van der Waals surface area contributed by atoms with Crippen LogP contribution in [0.4, 0.5) is 5.69 Å². The van der Waals surface area contributed by atoms with Crippen molar-refractivity contribution >= 4 is 27.8 Å². The summed E-state index contributed by atoms with van der Waals surface area (Å²) < 4.78 is 26.3.